The van der Waals surface area contributed by atoms with Crippen LogP contribution in [-0.4, -0.2) is 25.5 Å². The molecular weight excluding hydrogens is 532 g/mol. The number of benzene rings is 1. The Morgan fingerprint density at radius 1 is 1.15 bits per heavy atom. The van der Waals surface area contributed by atoms with E-state index in [4.69, 9.17) is 0 Å². The Labute approximate surface area is 198 Å². The first-order valence-electron chi connectivity index (χ1n) is 10.2. The van der Waals surface area contributed by atoms with E-state index in [1.807, 2.05) is 0 Å². The number of carbonyl (C=O) groups is 1. The van der Waals surface area contributed by atoms with Gasteiger partial charge in [0.15, 0.2) is 5.69 Å². The molecule has 1 saturated carbocycles. The number of aromatic nitrogens is 4. The smallest absolute Gasteiger partial charge is 0.323 e. The van der Waals surface area contributed by atoms with Crippen LogP contribution in [-0.2, 0) is 30.2 Å². The van der Waals surface area contributed by atoms with E-state index in [0.29, 0.717) is 16.9 Å². The average molecular weight is 550 g/mol. The van der Waals surface area contributed by atoms with E-state index >= 15 is 0 Å². The number of hydrogen-bond acceptors (Lipinski definition) is 3. The van der Waals surface area contributed by atoms with Crippen LogP contribution >= 0.6 is 15.9 Å². The Bertz CT molecular complexity index is 1200. The molecule has 34 heavy (non-hydrogen) atoms. The Kier molecular flexibility index (Phi) is 6.49. The van der Waals surface area contributed by atoms with Crippen LogP contribution in [0.25, 0.3) is 0 Å². The van der Waals surface area contributed by atoms with E-state index in [-0.39, 0.29) is 29.9 Å². The Morgan fingerprint density at radius 2 is 1.88 bits per heavy atom. The molecule has 0 bridgehead atoms. The normalized spacial score (nSPS) is 14.4. The Hall–Kier alpha value is -2.83. The number of halogens is 7. The van der Waals surface area contributed by atoms with E-state index in [1.54, 1.807) is 0 Å². The first kappa shape index (κ1) is 24.3. The molecular formula is C21H18BrF6N5O. The van der Waals surface area contributed by atoms with Crippen LogP contribution in [0.4, 0.5) is 32.0 Å². The van der Waals surface area contributed by atoms with Crippen molar-refractivity contribution in [1.82, 2.24) is 19.6 Å². The minimum atomic E-state index is -4.61. The SMILES string of the molecule is O=C(CCn1nc(C(F)(F)F)c(Br)c1C1CC1)Nc1cnn(Cc2cccc(C(F)(F)F)c2)c1. The molecule has 0 atom stereocenters. The van der Waals surface area contributed by atoms with Crippen LogP contribution in [0.1, 0.15) is 47.7 Å². The molecule has 2 heterocycles. The highest BCUT2D eigenvalue weighted by molar-refractivity contribution is 9.10. The lowest BCUT2D eigenvalue weighted by molar-refractivity contribution is -0.142. The van der Waals surface area contributed by atoms with Crippen LogP contribution in [0.15, 0.2) is 41.1 Å². The fourth-order valence-electron chi connectivity index (χ4n) is 3.53. The van der Waals surface area contributed by atoms with Crippen molar-refractivity contribution in [3.05, 3.63) is 63.6 Å². The molecule has 1 amide bonds. The largest absolute Gasteiger partial charge is 0.436 e. The zero-order valence-corrected chi connectivity index (χ0v) is 19.0. The number of rotatable bonds is 7. The summed E-state index contributed by atoms with van der Waals surface area (Å²) in [5.41, 5.74) is -0.639. The van der Waals surface area contributed by atoms with Crippen LogP contribution in [0.3, 0.4) is 0 Å². The second-order valence-corrected chi connectivity index (χ2v) is 8.76. The molecule has 4 rings (SSSR count). The van der Waals surface area contributed by atoms with Crippen LogP contribution in [0.2, 0.25) is 0 Å². The number of hydrogen-bond donors (Lipinski definition) is 1. The summed E-state index contributed by atoms with van der Waals surface area (Å²) in [6.07, 6.45) is -4.86. The summed E-state index contributed by atoms with van der Waals surface area (Å²) in [4.78, 5) is 12.3. The standard InChI is InChI=1S/C21H18BrF6N5O/c22-17-18(13-4-5-13)33(31-19(17)21(26,27)28)7-6-16(34)30-15-9-29-32(11-15)10-12-2-1-3-14(8-12)20(23,24)25/h1-3,8-9,11,13H,4-7,10H2,(H,30,34). The highest BCUT2D eigenvalue weighted by Crippen LogP contribution is 2.47. The summed E-state index contributed by atoms with van der Waals surface area (Å²) in [5, 5.41) is 10.3. The fraction of sp³-hybridized carbons (Fsp3) is 0.381. The molecule has 6 nitrogen and oxygen atoms in total. The van der Waals surface area contributed by atoms with E-state index in [0.717, 1.165) is 25.0 Å². The van der Waals surface area contributed by atoms with Crippen LogP contribution in [0.5, 0.6) is 0 Å². The van der Waals surface area contributed by atoms with Crippen molar-refractivity contribution < 1.29 is 31.1 Å². The number of nitrogens with zero attached hydrogens (tertiary/aromatic N) is 4. The lowest BCUT2D eigenvalue weighted by atomic mass is 10.1. The van der Waals surface area contributed by atoms with Crippen molar-refractivity contribution in [2.75, 3.05) is 5.32 Å². The maximum Gasteiger partial charge on any atom is 0.436 e. The second kappa shape index (κ2) is 9.08. The monoisotopic (exact) mass is 549 g/mol. The number of anilines is 1. The van der Waals surface area contributed by atoms with Gasteiger partial charge in [-0.2, -0.15) is 36.5 Å². The van der Waals surface area contributed by atoms with Gasteiger partial charge in [-0.25, -0.2) is 0 Å². The molecule has 1 aliphatic carbocycles. The number of alkyl halides is 6. The summed E-state index contributed by atoms with van der Waals surface area (Å²) in [6, 6.07) is 4.83. The molecule has 2 aromatic heterocycles. The summed E-state index contributed by atoms with van der Waals surface area (Å²) in [5.74, 6) is -0.476. The van der Waals surface area contributed by atoms with Gasteiger partial charge in [-0.3, -0.25) is 14.2 Å². The zero-order valence-electron chi connectivity index (χ0n) is 17.4. The molecule has 1 fully saturated rings. The predicted octanol–water partition coefficient (Wildman–Crippen LogP) is 5.83. The number of aryl methyl sites for hydroxylation is 1. The van der Waals surface area contributed by atoms with Crippen molar-refractivity contribution in [1.29, 1.82) is 0 Å². The summed E-state index contributed by atoms with van der Waals surface area (Å²) in [7, 11) is 0. The number of amides is 1. The maximum atomic E-state index is 13.2. The van der Waals surface area contributed by atoms with Gasteiger partial charge >= 0.3 is 12.4 Å². The quantitative estimate of drug-likeness (QED) is 0.377. The minimum Gasteiger partial charge on any atom is -0.323 e. The van der Waals surface area contributed by atoms with Gasteiger partial charge in [0.25, 0.3) is 0 Å². The molecule has 0 radical (unpaired) electrons. The third-order valence-corrected chi connectivity index (χ3v) is 6.01. The molecule has 1 aliphatic rings. The molecule has 1 aromatic carbocycles. The lowest BCUT2D eigenvalue weighted by Crippen LogP contribution is -2.16. The van der Waals surface area contributed by atoms with Gasteiger partial charge in [0.2, 0.25) is 5.91 Å². The molecule has 1 N–H and O–H groups in total. The van der Waals surface area contributed by atoms with Gasteiger partial charge in [0.1, 0.15) is 0 Å². The molecule has 182 valence electrons. The van der Waals surface area contributed by atoms with Crippen molar-refractivity contribution >= 4 is 27.5 Å². The molecule has 0 spiro atoms. The minimum absolute atomic E-state index is 0.0184. The topological polar surface area (TPSA) is 64.7 Å². The molecule has 0 aliphatic heterocycles. The van der Waals surface area contributed by atoms with Crippen molar-refractivity contribution in [3.63, 3.8) is 0 Å². The third-order valence-electron chi connectivity index (χ3n) is 5.23. The molecule has 13 heteroatoms. The number of nitrogens with one attached hydrogen (secondary N) is 1. The van der Waals surface area contributed by atoms with Gasteiger partial charge in [-0.15, -0.1) is 0 Å². The molecule has 0 unspecified atom stereocenters. The highest BCUT2D eigenvalue weighted by Gasteiger charge is 2.41. The Balaban J connectivity index is 1.37. The average Bonchev–Trinajstić information content (AvgIpc) is 3.38. The Morgan fingerprint density at radius 3 is 2.53 bits per heavy atom. The van der Waals surface area contributed by atoms with Gasteiger partial charge < -0.3 is 5.32 Å². The predicted molar refractivity (Wildman–Crippen MR) is 113 cm³/mol. The zero-order chi connectivity index (χ0) is 24.7. The number of carbonyl (C=O) groups excluding carboxylic acids is 1. The van der Waals surface area contributed by atoms with Gasteiger partial charge in [-0.1, -0.05) is 12.1 Å². The molecule has 3 aromatic rings. The van der Waals surface area contributed by atoms with Gasteiger partial charge in [0.05, 0.1) is 40.7 Å². The highest BCUT2D eigenvalue weighted by atomic mass is 79.9. The van der Waals surface area contributed by atoms with Crippen molar-refractivity contribution in [2.24, 2.45) is 0 Å². The van der Waals surface area contributed by atoms with E-state index in [9.17, 15) is 31.1 Å². The van der Waals surface area contributed by atoms with Gasteiger partial charge in [-0.05, 0) is 46.5 Å². The lowest BCUT2D eigenvalue weighted by Gasteiger charge is -2.09. The van der Waals surface area contributed by atoms with Crippen molar-refractivity contribution in [3.8, 4) is 0 Å². The van der Waals surface area contributed by atoms with E-state index < -0.39 is 29.5 Å². The van der Waals surface area contributed by atoms with Crippen molar-refractivity contribution in [2.45, 2.75) is 50.6 Å². The molecule has 0 saturated heterocycles. The first-order chi connectivity index (χ1) is 15.9. The maximum absolute atomic E-state index is 13.2. The summed E-state index contributed by atoms with van der Waals surface area (Å²) >= 11 is 3.01. The second-order valence-electron chi connectivity index (χ2n) is 7.97. The van der Waals surface area contributed by atoms with E-state index in [1.165, 1.54) is 33.9 Å². The third kappa shape index (κ3) is 5.62. The van der Waals surface area contributed by atoms with Crippen LogP contribution in [0, 0.1) is 0 Å². The van der Waals surface area contributed by atoms with Crippen LogP contribution < -0.4 is 5.32 Å². The first-order valence-corrected chi connectivity index (χ1v) is 11.0. The summed E-state index contributed by atoms with van der Waals surface area (Å²) in [6.45, 7) is 0.0246. The fourth-order valence-corrected chi connectivity index (χ4v) is 4.36. The van der Waals surface area contributed by atoms with Gasteiger partial charge in [0, 0.05) is 18.5 Å². The summed E-state index contributed by atoms with van der Waals surface area (Å²) < 4.78 is 80.7. The van der Waals surface area contributed by atoms with E-state index in [2.05, 4.69) is 31.4 Å².